The molecule has 0 unspecified atom stereocenters. The standard InChI is InChI=1S/C20H32N4O4/c1-13(2)16(23-19(26)28-20(4,5)6)18(25)24-11-7-15(8-12-24)27-17-14(3)21-9-10-22-17/h9-10,13,15-16H,7-8,11-12H2,1-6H3,(H,23,26)/t16-/m0/s1. The molecule has 1 N–H and O–H groups in total. The first kappa shape index (κ1) is 21.9. The van der Waals surface area contributed by atoms with Crippen molar-refractivity contribution in [1.29, 1.82) is 0 Å². The van der Waals surface area contributed by atoms with Crippen LogP contribution in [-0.4, -0.2) is 57.7 Å². The second-order valence-electron chi connectivity index (χ2n) is 8.46. The molecule has 1 saturated heterocycles. The maximum atomic E-state index is 13.0. The van der Waals surface area contributed by atoms with Gasteiger partial charge < -0.3 is 19.7 Å². The lowest BCUT2D eigenvalue weighted by molar-refractivity contribution is -0.136. The molecule has 1 aliphatic rings. The number of rotatable bonds is 5. The van der Waals surface area contributed by atoms with Crippen LogP contribution >= 0.6 is 0 Å². The quantitative estimate of drug-likeness (QED) is 0.828. The Kier molecular flexibility index (Phi) is 7.21. The Morgan fingerprint density at radius 1 is 1.18 bits per heavy atom. The van der Waals surface area contributed by atoms with Gasteiger partial charge in [0.2, 0.25) is 11.8 Å². The number of aryl methyl sites for hydroxylation is 1. The summed E-state index contributed by atoms with van der Waals surface area (Å²) in [7, 11) is 0. The highest BCUT2D eigenvalue weighted by atomic mass is 16.6. The van der Waals surface area contributed by atoms with E-state index in [0.29, 0.717) is 31.8 Å². The number of carbonyl (C=O) groups excluding carboxylic acids is 2. The third kappa shape index (κ3) is 6.35. The van der Waals surface area contributed by atoms with Crippen molar-refractivity contribution in [3.05, 3.63) is 18.1 Å². The number of amides is 2. The minimum atomic E-state index is -0.616. The van der Waals surface area contributed by atoms with Crippen LogP contribution in [0.1, 0.15) is 53.2 Å². The highest BCUT2D eigenvalue weighted by Crippen LogP contribution is 2.20. The Bertz CT molecular complexity index is 679. The first-order chi connectivity index (χ1) is 13.1. The zero-order valence-corrected chi connectivity index (χ0v) is 17.7. The van der Waals surface area contributed by atoms with Crippen LogP contribution in [0.3, 0.4) is 0 Å². The molecule has 1 fully saturated rings. The third-order valence-corrected chi connectivity index (χ3v) is 4.47. The van der Waals surface area contributed by atoms with Gasteiger partial charge in [-0.15, -0.1) is 0 Å². The minimum absolute atomic E-state index is 0.00392. The number of nitrogens with one attached hydrogen (secondary N) is 1. The second kappa shape index (κ2) is 9.21. The number of likely N-dealkylation sites (tertiary alicyclic amines) is 1. The van der Waals surface area contributed by atoms with Gasteiger partial charge in [-0.25, -0.2) is 9.78 Å². The van der Waals surface area contributed by atoms with Crippen molar-refractivity contribution in [1.82, 2.24) is 20.2 Å². The lowest BCUT2D eigenvalue weighted by atomic mass is 10.0. The Hall–Kier alpha value is -2.38. The molecule has 1 aromatic rings. The van der Waals surface area contributed by atoms with Gasteiger partial charge in [-0.1, -0.05) is 13.8 Å². The maximum absolute atomic E-state index is 13.0. The number of ether oxygens (including phenoxy) is 2. The highest BCUT2D eigenvalue weighted by molar-refractivity contribution is 5.86. The molecule has 1 aliphatic heterocycles. The summed E-state index contributed by atoms with van der Waals surface area (Å²) >= 11 is 0. The zero-order chi connectivity index (χ0) is 20.9. The molecule has 1 aromatic heterocycles. The van der Waals surface area contributed by atoms with Gasteiger partial charge in [0.25, 0.3) is 0 Å². The summed E-state index contributed by atoms with van der Waals surface area (Å²) < 4.78 is 11.2. The summed E-state index contributed by atoms with van der Waals surface area (Å²) in [5, 5.41) is 2.73. The van der Waals surface area contributed by atoms with Crippen molar-refractivity contribution in [3.8, 4) is 5.88 Å². The fourth-order valence-electron chi connectivity index (χ4n) is 3.01. The minimum Gasteiger partial charge on any atom is -0.473 e. The molecule has 0 spiro atoms. The fraction of sp³-hybridized carbons (Fsp3) is 0.700. The van der Waals surface area contributed by atoms with Crippen molar-refractivity contribution in [2.45, 2.75) is 72.1 Å². The molecule has 0 aromatic carbocycles. The van der Waals surface area contributed by atoms with Gasteiger partial charge in [-0.05, 0) is 33.6 Å². The van der Waals surface area contributed by atoms with Crippen LogP contribution in [0, 0.1) is 12.8 Å². The molecule has 1 atom stereocenters. The summed E-state index contributed by atoms with van der Waals surface area (Å²) in [6, 6.07) is -0.616. The summed E-state index contributed by atoms with van der Waals surface area (Å²) in [6.07, 6.45) is 4.08. The van der Waals surface area contributed by atoms with Gasteiger partial charge in [-0.2, -0.15) is 0 Å². The van der Waals surface area contributed by atoms with E-state index in [9.17, 15) is 9.59 Å². The monoisotopic (exact) mass is 392 g/mol. The van der Waals surface area contributed by atoms with Crippen LogP contribution in [0.5, 0.6) is 5.88 Å². The normalized spacial score (nSPS) is 16.6. The molecule has 0 aliphatic carbocycles. The van der Waals surface area contributed by atoms with E-state index in [2.05, 4.69) is 15.3 Å². The van der Waals surface area contributed by atoms with Gasteiger partial charge >= 0.3 is 6.09 Å². The Balaban J connectivity index is 1.91. The average Bonchev–Trinajstić information content (AvgIpc) is 2.60. The maximum Gasteiger partial charge on any atom is 0.408 e. The summed E-state index contributed by atoms with van der Waals surface area (Å²) in [4.78, 5) is 35.2. The molecule has 8 heteroatoms. The van der Waals surface area contributed by atoms with Crippen molar-refractivity contribution in [2.24, 2.45) is 5.92 Å². The molecule has 2 rings (SSSR count). The van der Waals surface area contributed by atoms with Crippen molar-refractivity contribution < 1.29 is 19.1 Å². The van der Waals surface area contributed by atoms with E-state index in [4.69, 9.17) is 9.47 Å². The van der Waals surface area contributed by atoms with Crippen molar-refractivity contribution >= 4 is 12.0 Å². The van der Waals surface area contributed by atoms with Gasteiger partial charge in [0.1, 0.15) is 17.7 Å². The molecule has 28 heavy (non-hydrogen) atoms. The first-order valence-electron chi connectivity index (χ1n) is 9.79. The van der Waals surface area contributed by atoms with Crippen LogP contribution < -0.4 is 10.1 Å². The van der Waals surface area contributed by atoms with Crippen LogP contribution in [0.4, 0.5) is 4.79 Å². The van der Waals surface area contributed by atoms with Crippen LogP contribution in [-0.2, 0) is 9.53 Å². The number of alkyl carbamates (subject to hydrolysis) is 1. The number of hydrogen-bond acceptors (Lipinski definition) is 6. The van der Waals surface area contributed by atoms with E-state index >= 15 is 0 Å². The topological polar surface area (TPSA) is 93.7 Å². The van der Waals surface area contributed by atoms with Crippen LogP contribution in [0.15, 0.2) is 12.4 Å². The van der Waals surface area contributed by atoms with Gasteiger partial charge in [0, 0.05) is 38.3 Å². The van der Waals surface area contributed by atoms with E-state index in [1.807, 2.05) is 20.8 Å². The van der Waals surface area contributed by atoms with Crippen molar-refractivity contribution in [2.75, 3.05) is 13.1 Å². The largest absolute Gasteiger partial charge is 0.473 e. The molecule has 2 heterocycles. The Morgan fingerprint density at radius 2 is 1.79 bits per heavy atom. The third-order valence-electron chi connectivity index (χ3n) is 4.47. The molecule has 156 valence electrons. The first-order valence-corrected chi connectivity index (χ1v) is 9.79. The van der Waals surface area contributed by atoms with Crippen LogP contribution in [0.2, 0.25) is 0 Å². The number of carbonyl (C=O) groups is 2. The molecular formula is C20H32N4O4. The zero-order valence-electron chi connectivity index (χ0n) is 17.7. The van der Waals surface area contributed by atoms with Gasteiger partial charge in [-0.3, -0.25) is 9.78 Å². The molecule has 8 nitrogen and oxygen atoms in total. The predicted octanol–water partition coefficient (Wildman–Crippen LogP) is 2.70. The number of piperidine rings is 1. The highest BCUT2D eigenvalue weighted by Gasteiger charge is 2.33. The van der Waals surface area contributed by atoms with E-state index < -0.39 is 17.7 Å². The lowest BCUT2D eigenvalue weighted by Gasteiger charge is -2.35. The fourth-order valence-corrected chi connectivity index (χ4v) is 3.01. The number of hydrogen-bond donors (Lipinski definition) is 1. The van der Waals surface area contributed by atoms with Crippen molar-refractivity contribution in [3.63, 3.8) is 0 Å². The SMILES string of the molecule is Cc1nccnc1OC1CCN(C(=O)[C@@H](NC(=O)OC(C)(C)C)C(C)C)CC1. The van der Waals surface area contributed by atoms with E-state index in [0.717, 1.165) is 5.69 Å². The summed E-state index contributed by atoms with van der Waals surface area (Å²) in [6.45, 7) is 12.2. The van der Waals surface area contributed by atoms with Crippen LogP contribution in [0.25, 0.3) is 0 Å². The van der Waals surface area contributed by atoms with Gasteiger partial charge in [0.05, 0.1) is 5.69 Å². The summed E-state index contributed by atoms with van der Waals surface area (Å²) in [5.41, 5.74) is 0.144. The second-order valence-corrected chi connectivity index (χ2v) is 8.46. The van der Waals surface area contributed by atoms with E-state index in [1.165, 1.54) is 0 Å². The predicted molar refractivity (Wildman–Crippen MR) is 105 cm³/mol. The lowest BCUT2D eigenvalue weighted by Crippen LogP contribution is -2.54. The van der Waals surface area contributed by atoms with E-state index in [-0.39, 0.29) is 17.9 Å². The molecular weight excluding hydrogens is 360 g/mol. The average molecular weight is 393 g/mol. The molecule has 0 bridgehead atoms. The Morgan fingerprint density at radius 3 is 2.32 bits per heavy atom. The van der Waals surface area contributed by atoms with E-state index in [1.54, 1.807) is 38.1 Å². The Labute approximate surface area is 167 Å². The summed E-state index contributed by atoms with van der Waals surface area (Å²) in [5.74, 6) is 0.408. The number of aromatic nitrogens is 2. The smallest absolute Gasteiger partial charge is 0.408 e. The number of nitrogens with zero attached hydrogens (tertiary/aromatic N) is 3. The molecule has 0 saturated carbocycles. The molecule has 0 radical (unpaired) electrons. The molecule has 2 amide bonds. The van der Waals surface area contributed by atoms with Gasteiger partial charge in [0.15, 0.2) is 0 Å².